The molecule has 0 saturated carbocycles. The fourth-order valence-electron chi connectivity index (χ4n) is 2.46. The van der Waals surface area contributed by atoms with Gasteiger partial charge in [0.05, 0.1) is 7.11 Å². The summed E-state index contributed by atoms with van der Waals surface area (Å²) in [6, 6.07) is 15.0. The van der Waals surface area contributed by atoms with Gasteiger partial charge < -0.3 is 15.2 Å². The molecule has 2 aromatic carbocycles. The Morgan fingerprint density at radius 1 is 0.960 bits per heavy atom. The number of aryl methyl sites for hydroxylation is 1. The standard InChI is InChI=1S/C20H23NO4/c1-25-18-12-8-16(9-13-18)14-21-20(24)17-10-6-15(7-11-17)4-2-3-5-19(22)23/h6-13H,2-5,14H2,1H3,(H,21,24)(H,22,23). The van der Waals surface area contributed by atoms with E-state index in [0.29, 0.717) is 18.5 Å². The van der Waals surface area contributed by atoms with Crippen LogP contribution in [-0.2, 0) is 17.8 Å². The Labute approximate surface area is 147 Å². The van der Waals surface area contributed by atoms with Crippen LogP contribution in [0.15, 0.2) is 48.5 Å². The van der Waals surface area contributed by atoms with E-state index in [0.717, 1.165) is 29.7 Å². The topological polar surface area (TPSA) is 75.6 Å². The molecular formula is C20H23NO4. The molecule has 0 saturated heterocycles. The van der Waals surface area contributed by atoms with Gasteiger partial charge in [0.25, 0.3) is 5.91 Å². The third-order valence-electron chi connectivity index (χ3n) is 3.93. The number of benzene rings is 2. The number of methoxy groups -OCH3 is 1. The van der Waals surface area contributed by atoms with E-state index < -0.39 is 5.97 Å². The van der Waals surface area contributed by atoms with Crippen LogP contribution in [0.5, 0.6) is 5.75 Å². The molecule has 0 bridgehead atoms. The number of carbonyl (C=O) groups is 2. The Morgan fingerprint density at radius 3 is 2.20 bits per heavy atom. The first-order chi connectivity index (χ1) is 12.1. The maximum Gasteiger partial charge on any atom is 0.303 e. The third-order valence-corrected chi connectivity index (χ3v) is 3.93. The Kier molecular flexibility index (Phi) is 7.01. The molecule has 2 rings (SSSR count). The summed E-state index contributed by atoms with van der Waals surface area (Å²) < 4.78 is 5.11. The summed E-state index contributed by atoms with van der Waals surface area (Å²) >= 11 is 0. The number of amides is 1. The van der Waals surface area contributed by atoms with Crippen molar-refractivity contribution in [2.45, 2.75) is 32.2 Å². The molecule has 0 aromatic heterocycles. The first kappa shape index (κ1) is 18.5. The van der Waals surface area contributed by atoms with Crippen molar-refractivity contribution >= 4 is 11.9 Å². The number of ether oxygens (including phenoxy) is 1. The molecule has 2 N–H and O–H groups in total. The van der Waals surface area contributed by atoms with Gasteiger partial charge in [0.2, 0.25) is 0 Å². The summed E-state index contributed by atoms with van der Waals surface area (Å²) in [4.78, 5) is 22.7. The fourth-order valence-corrected chi connectivity index (χ4v) is 2.46. The number of hydrogen-bond acceptors (Lipinski definition) is 3. The van der Waals surface area contributed by atoms with E-state index in [2.05, 4.69) is 5.32 Å². The SMILES string of the molecule is COc1ccc(CNC(=O)c2ccc(CCCCC(=O)O)cc2)cc1. The quantitative estimate of drug-likeness (QED) is 0.685. The summed E-state index contributed by atoms with van der Waals surface area (Å²) in [6.45, 7) is 0.458. The van der Waals surface area contributed by atoms with E-state index in [4.69, 9.17) is 9.84 Å². The fraction of sp³-hybridized carbons (Fsp3) is 0.300. The van der Waals surface area contributed by atoms with Gasteiger partial charge in [-0.25, -0.2) is 0 Å². The number of carboxylic acids is 1. The number of rotatable bonds is 9. The van der Waals surface area contributed by atoms with E-state index >= 15 is 0 Å². The van der Waals surface area contributed by atoms with Crippen LogP contribution < -0.4 is 10.1 Å². The van der Waals surface area contributed by atoms with Crippen molar-refractivity contribution in [3.63, 3.8) is 0 Å². The lowest BCUT2D eigenvalue weighted by Gasteiger charge is -2.07. The molecule has 0 unspecified atom stereocenters. The van der Waals surface area contributed by atoms with Crippen LogP contribution in [0.25, 0.3) is 0 Å². The normalized spacial score (nSPS) is 10.3. The molecule has 5 nitrogen and oxygen atoms in total. The molecule has 0 radical (unpaired) electrons. The zero-order valence-corrected chi connectivity index (χ0v) is 14.3. The van der Waals surface area contributed by atoms with Crippen LogP contribution in [0, 0.1) is 0 Å². The highest BCUT2D eigenvalue weighted by Gasteiger charge is 2.06. The molecule has 1 amide bonds. The molecular weight excluding hydrogens is 318 g/mol. The van der Waals surface area contributed by atoms with Gasteiger partial charge in [0.1, 0.15) is 5.75 Å². The first-order valence-electron chi connectivity index (χ1n) is 8.30. The van der Waals surface area contributed by atoms with Gasteiger partial charge in [-0.05, 0) is 54.7 Å². The molecule has 2 aromatic rings. The van der Waals surface area contributed by atoms with Gasteiger partial charge in [-0.3, -0.25) is 9.59 Å². The summed E-state index contributed by atoms with van der Waals surface area (Å²) in [5.41, 5.74) is 2.73. The predicted molar refractivity (Wildman–Crippen MR) is 95.8 cm³/mol. The highest BCUT2D eigenvalue weighted by atomic mass is 16.5. The maximum atomic E-state index is 12.2. The van der Waals surface area contributed by atoms with Gasteiger partial charge in [-0.15, -0.1) is 0 Å². The molecule has 0 heterocycles. The second-order valence-corrected chi connectivity index (χ2v) is 5.83. The largest absolute Gasteiger partial charge is 0.497 e. The number of nitrogens with one attached hydrogen (secondary N) is 1. The van der Waals surface area contributed by atoms with Crippen molar-refractivity contribution < 1.29 is 19.4 Å². The molecule has 0 fully saturated rings. The first-order valence-corrected chi connectivity index (χ1v) is 8.30. The molecule has 0 aliphatic heterocycles. The van der Waals surface area contributed by atoms with E-state index in [9.17, 15) is 9.59 Å². The maximum absolute atomic E-state index is 12.2. The number of carboxylic acid groups (broad SMARTS) is 1. The second-order valence-electron chi connectivity index (χ2n) is 5.83. The lowest BCUT2D eigenvalue weighted by atomic mass is 10.0. The molecule has 0 spiro atoms. The highest BCUT2D eigenvalue weighted by molar-refractivity contribution is 5.94. The molecule has 25 heavy (non-hydrogen) atoms. The Morgan fingerprint density at radius 2 is 1.60 bits per heavy atom. The van der Waals surface area contributed by atoms with Crippen molar-refractivity contribution in [2.24, 2.45) is 0 Å². The van der Waals surface area contributed by atoms with Gasteiger partial charge in [0, 0.05) is 18.5 Å². The minimum Gasteiger partial charge on any atom is -0.497 e. The Bertz CT molecular complexity index is 693. The van der Waals surface area contributed by atoms with Crippen LogP contribution in [0.2, 0.25) is 0 Å². The lowest BCUT2D eigenvalue weighted by molar-refractivity contribution is -0.137. The highest BCUT2D eigenvalue weighted by Crippen LogP contribution is 2.12. The van der Waals surface area contributed by atoms with Gasteiger partial charge in [0.15, 0.2) is 0 Å². The van der Waals surface area contributed by atoms with E-state index in [-0.39, 0.29) is 12.3 Å². The van der Waals surface area contributed by atoms with E-state index in [1.807, 2.05) is 36.4 Å². The lowest BCUT2D eigenvalue weighted by Crippen LogP contribution is -2.22. The zero-order chi connectivity index (χ0) is 18.1. The summed E-state index contributed by atoms with van der Waals surface area (Å²) in [7, 11) is 1.62. The smallest absolute Gasteiger partial charge is 0.303 e. The van der Waals surface area contributed by atoms with E-state index in [1.165, 1.54) is 0 Å². The van der Waals surface area contributed by atoms with Gasteiger partial charge in [-0.1, -0.05) is 24.3 Å². The van der Waals surface area contributed by atoms with Crippen LogP contribution in [-0.4, -0.2) is 24.1 Å². The molecule has 132 valence electrons. The van der Waals surface area contributed by atoms with Gasteiger partial charge >= 0.3 is 5.97 Å². The average molecular weight is 341 g/mol. The number of aliphatic carboxylic acids is 1. The van der Waals surface area contributed by atoms with Crippen molar-refractivity contribution in [3.8, 4) is 5.75 Å². The van der Waals surface area contributed by atoms with Crippen molar-refractivity contribution in [3.05, 3.63) is 65.2 Å². The van der Waals surface area contributed by atoms with E-state index in [1.54, 1.807) is 19.2 Å². The van der Waals surface area contributed by atoms with Crippen molar-refractivity contribution in [1.82, 2.24) is 5.32 Å². The third kappa shape index (κ3) is 6.30. The number of carbonyl (C=O) groups excluding carboxylic acids is 1. The van der Waals surface area contributed by atoms with Crippen LogP contribution >= 0.6 is 0 Å². The minimum atomic E-state index is -0.760. The molecule has 0 aliphatic carbocycles. The van der Waals surface area contributed by atoms with Crippen LogP contribution in [0.1, 0.15) is 40.7 Å². The second kappa shape index (κ2) is 9.47. The Hall–Kier alpha value is -2.82. The molecule has 0 aliphatic rings. The number of unbranched alkanes of at least 4 members (excludes halogenated alkanes) is 1. The van der Waals surface area contributed by atoms with Crippen LogP contribution in [0.3, 0.4) is 0 Å². The van der Waals surface area contributed by atoms with Gasteiger partial charge in [-0.2, -0.15) is 0 Å². The predicted octanol–water partition coefficient (Wildman–Crippen LogP) is 3.42. The Balaban J connectivity index is 1.80. The molecule has 5 heteroatoms. The van der Waals surface area contributed by atoms with Crippen molar-refractivity contribution in [1.29, 1.82) is 0 Å². The molecule has 0 atom stereocenters. The summed E-state index contributed by atoms with van der Waals surface area (Å²) in [5, 5.41) is 11.5. The zero-order valence-electron chi connectivity index (χ0n) is 14.3. The van der Waals surface area contributed by atoms with Crippen LogP contribution in [0.4, 0.5) is 0 Å². The minimum absolute atomic E-state index is 0.117. The monoisotopic (exact) mass is 341 g/mol. The summed E-state index contributed by atoms with van der Waals surface area (Å²) in [6.07, 6.45) is 2.52. The number of hydrogen-bond donors (Lipinski definition) is 2. The summed E-state index contributed by atoms with van der Waals surface area (Å²) in [5.74, 6) is -0.0915. The van der Waals surface area contributed by atoms with Crippen molar-refractivity contribution in [2.75, 3.05) is 7.11 Å². The average Bonchev–Trinajstić information content (AvgIpc) is 2.64.